The van der Waals surface area contributed by atoms with Crippen molar-refractivity contribution in [2.45, 2.75) is 24.6 Å². The number of hydrogen-bond donors (Lipinski definition) is 3. The van der Waals surface area contributed by atoms with Crippen molar-refractivity contribution in [1.29, 1.82) is 0 Å². The van der Waals surface area contributed by atoms with Crippen molar-refractivity contribution in [2.75, 3.05) is 11.6 Å². The van der Waals surface area contributed by atoms with Crippen LogP contribution in [0.3, 0.4) is 0 Å². The van der Waals surface area contributed by atoms with Gasteiger partial charge in [-0.2, -0.15) is 5.10 Å². The van der Waals surface area contributed by atoms with E-state index < -0.39 is 22.6 Å². The van der Waals surface area contributed by atoms with Gasteiger partial charge >= 0.3 is 6.09 Å². The molecular formula is C21H19F2N5O3S2. The summed E-state index contributed by atoms with van der Waals surface area (Å²) in [5.41, 5.74) is 0.642. The maximum Gasteiger partial charge on any atom is 0.404 e. The molecule has 8 nitrogen and oxygen atoms in total. The standard InChI is InChI=1S/C21H19F2N5O3S2/c1-12-25-26-19(32-12)28-21(8-3-9-24-20(30)31,13-4-2-5-15(29)10-13)33-18(27-28)16-11-14(22)6-7-17(16)23/h2,4-7,10-11,24,29H,3,8-9H2,1H3,(H,30,31). The number of thioether (sulfide) groups is 1. The fourth-order valence-electron chi connectivity index (χ4n) is 3.49. The zero-order chi connectivity index (χ0) is 23.6. The molecule has 2 aromatic carbocycles. The van der Waals surface area contributed by atoms with E-state index in [0.29, 0.717) is 28.5 Å². The number of carboxylic acid groups (broad SMARTS) is 1. The molecule has 172 valence electrons. The first-order valence-corrected chi connectivity index (χ1v) is 11.5. The molecule has 1 aliphatic rings. The van der Waals surface area contributed by atoms with Crippen molar-refractivity contribution < 1.29 is 23.8 Å². The van der Waals surface area contributed by atoms with Crippen molar-refractivity contribution in [3.05, 3.63) is 70.2 Å². The summed E-state index contributed by atoms with van der Waals surface area (Å²) in [4.78, 5) is 9.89. The molecule has 0 aliphatic carbocycles. The van der Waals surface area contributed by atoms with Gasteiger partial charge in [-0.15, -0.1) is 10.2 Å². The number of anilines is 1. The molecule has 3 N–H and O–H groups in total. The Bertz CT molecular complexity index is 1220. The molecule has 1 amide bonds. The average Bonchev–Trinajstić information content (AvgIpc) is 3.37. The van der Waals surface area contributed by atoms with E-state index in [9.17, 15) is 18.7 Å². The zero-order valence-corrected chi connectivity index (χ0v) is 19.0. The summed E-state index contributed by atoms with van der Waals surface area (Å²) in [6.07, 6.45) is -0.391. The molecule has 33 heavy (non-hydrogen) atoms. The number of phenolic OH excluding ortho intramolecular Hbond substituents is 1. The second-order valence-electron chi connectivity index (χ2n) is 7.22. The number of nitrogens with one attached hydrogen (secondary N) is 1. The van der Waals surface area contributed by atoms with Crippen molar-refractivity contribution in [1.82, 2.24) is 15.5 Å². The van der Waals surface area contributed by atoms with Crippen LogP contribution in [0.1, 0.15) is 29.0 Å². The van der Waals surface area contributed by atoms with Crippen molar-refractivity contribution in [3.63, 3.8) is 0 Å². The van der Waals surface area contributed by atoms with Gasteiger partial charge in [-0.25, -0.2) is 18.6 Å². The lowest BCUT2D eigenvalue weighted by Crippen LogP contribution is -2.38. The summed E-state index contributed by atoms with van der Waals surface area (Å²) < 4.78 is 28.6. The normalized spacial score (nSPS) is 17.8. The van der Waals surface area contributed by atoms with E-state index in [2.05, 4.69) is 20.6 Å². The van der Waals surface area contributed by atoms with Gasteiger partial charge in [-0.05, 0) is 55.7 Å². The number of halogens is 2. The third-order valence-electron chi connectivity index (χ3n) is 4.92. The van der Waals surface area contributed by atoms with Crippen LogP contribution >= 0.6 is 23.1 Å². The highest BCUT2D eigenvalue weighted by atomic mass is 32.2. The predicted octanol–water partition coefficient (Wildman–Crippen LogP) is 4.65. The number of hydrogen-bond acceptors (Lipinski definition) is 8. The number of rotatable bonds is 7. The maximum atomic E-state index is 14.6. The number of benzene rings is 2. The van der Waals surface area contributed by atoms with E-state index in [1.54, 1.807) is 30.1 Å². The first-order valence-electron chi connectivity index (χ1n) is 9.88. The van der Waals surface area contributed by atoms with Gasteiger partial charge in [0.1, 0.15) is 32.3 Å². The minimum Gasteiger partial charge on any atom is -0.508 e. The van der Waals surface area contributed by atoms with Gasteiger partial charge in [0.2, 0.25) is 5.13 Å². The van der Waals surface area contributed by atoms with Crippen molar-refractivity contribution in [3.8, 4) is 5.75 Å². The minimum absolute atomic E-state index is 0.00285. The van der Waals surface area contributed by atoms with Crippen molar-refractivity contribution in [2.24, 2.45) is 5.10 Å². The Morgan fingerprint density at radius 1 is 1.21 bits per heavy atom. The lowest BCUT2D eigenvalue weighted by molar-refractivity contribution is 0.194. The van der Waals surface area contributed by atoms with Crippen LogP contribution in [0.15, 0.2) is 47.6 Å². The molecule has 0 spiro atoms. The SMILES string of the molecule is Cc1nnc(N2N=C(c3cc(F)ccc3F)SC2(CCCNC(=O)O)c2cccc(O)c2)s1. The van der Waals surface area contributed by atoms with Crippen LogP contribution in [0.2, 0.25) is 0 Å². The van der Waals surface area contributed by atoms with Gasteiger partial charge in [0.25, 0.3) is 0 Å². The highest BCUT2D eigenvalue weighted by Crippen LogP contribution is 2.53. The quantitative estimate of drug-likeness (QED) is 0.413. The number of nitrogens with zero attached hydrogens (tertiary/aromatic N) is 4. The summed E-state index contributed by atoms with van der Waals surface area (Å²) in [5, 5.41) is 37.2. The smallest absolute Gasteiger partial charge is 0.404 e. The third-order valence-corrected chi connectivity index (χ3v) is 7.18. The highest BCUT2D eigenvalue weighted by molar-refractivity contribution is 8.15. The second kappa shape index (κ2) is 9.32. The van der Waals surface area contributed by atoms with Crippen LogP contribution in [0, 0.1) is 18.6 Å². The van der Waals surface area contributed by atoms with E-state index in [1.807, 2.05) is 0 Å². The molecule has 0 saturated carbocycles. The van der Waals surface area contributed by atoms with E-state index >= 15 is 0 Å². The molecular weight excluding hydrogens is 472 g/mol. The van der Waals surface area contributed by atoms with Crippen molar-refractivity contribution >= 4 is 39.4 Å². The van der Waals surface area contributed by atoms with E-state index in [0.717, 1.165) is 18.2 Å². The van der Waals surface area contributed by atoms with Crippen LogP contribution in [0.5, 0.6) is 5.75 Å². The van der Waals surface area contributed by atoms with E-state index in [-0.39, 0.29) is 22.9 Å². The summed E-state index contributed by atoms with van der Waals surface area (Å²) in [6.45, 7) is 1.96. The Morgan fingerprint density at radius 3 is 2.73 bits per heavy atom. The lowest BCUT2D eigenvalue weighted by Gasteiger charge is -2.35. The van der Waals surface area contributed by atoms with Gasteiger partial charge < -0.3 is 15.5 Å². The largest absolute Gasteiger partial charge is 0.508 e. The van der Waals surface area contributed by atoms with Gasteiger partial charge in [0, 0.05) is 12.1 Å². The molecule has 0 saturated heterocycles. The number of phenols is 1. The molecule has 3 aromatic rings. The Hall–Kier alpha value is -3.25. The fourth-order valence-corrected chi connectivity index (χ4v) is 5.67. The van der Waals surface area contributed by atoms with Crippen LogP contribution in [0.4, 0.5) is 18.7 Å². The van der Waals surface area contributed by atoms with Gasteiger partial charge in [0.05, 0.1) is 0 Å². The van der Waals surface area contributed by atoms with Crippen LogP contribution in [0.25, 0.3) is 0 Å². The molecule has 12 heteroatoms. The molecule has 1 aliphatic heterocycles. The molecule has 1 atom stereocenters. The molecule has 1 aromatic heterocycles. The van der Waals surface area contributed by atoms with Gasteiger partial charge in [-0.1, -0.05) is 35.2 Å². The van der Waals surface area contributed by atoms with Crippen LogP contribution in [-0.2, 0) is 4.87 Å². The zero-order valence-electron chi connectivity index (χ0n) is 17.3. The van der Waals surface area contributed by atoms with Gasteiger partial charge in [0.15, 0.2) is 0 Å². The lowest BCUT2D eigenvalue weighted by atomic mass is 10.00. The summed E-state index contributed by atoms with van der Waals surface area (Å²) >= 11 is 2.47. The number of aromatic nitrogens is 2. The Labute approximate surface area is 196 Å². The summed E-state index contributed by atoms with van der Waals surface area (Å²) in [6, 6.07) is 9.71. The number of hydrazone groups is 1. The van der Waals surface area contributed by atoms with Gasteiger partial charge in [-0.3, -0.25) is 0 Å². The first kappa shape index (κ1) is 22.9. The number of amides is 1. The number of aromatic hydroxyl groups is 1. The van der Waals surface area contributed by atoms with Crippen LogP contribution < -0.4 is 10.3 Å². The predicted molar refractivity (Wildman–Crippen MR) is 123 cm³/mol. The average molecular weight is 492 g/mol. The maximum absolute atomic E-state index is 14.6. The second-order valence-corrected chi connectivity index (χ2v) is 9.64. The molecule has 0 fully saturated rings. The molecule has 4 rings (SSSR count). The fraction of sp³-hybridized carbons (Fsp3) is 0.238. The monoisotopic (exact) mass is 491 g/mol. The number of carbonyl (C=O) groups is 1. The Kier molecular flexibility index (Phi) is 6.47. The topological polar surface area (TPSA) is 111 Å². The van der Waals surface area contributed by atoms with E-state index in [4.69, 9.17) is 5.11 Å². The third kappa shape index (κ3) is 4.76. The summed E-state index contributed by atoms with van der Waals surface area (Å²) in [5.74, 6) is -1.21. The molecule has 0 radical (unpaired) electrons. The first-order chi connectivity index (χ1) is 15.8. The molecule has 2 heterocycles. The molecule has 1 unspecified atom stereocenters. The minimum atomic E-state index is -1.14. The Morgan fingerprint density at radius 2 is 2.03 bits per heavy atom. The van der Waals surface area contributed by atoms with E-state index in [1.165, 1.54) is 29.2 Å². The summed E-state index contributed by atoms with van der Waals surface area (Å²) in [7, 11) is 0. The number of aryl methyl sites for hydroxylation is 1. The highest BCUT2D eigenvalue weighted by Gasteiger charge is 2.48. The Balaban J connectivity index is 1.83. The molecule has 0 bridgehead atoms. The van der Waals surface area contributed by atoms with Crippen LogP contribution in [-0.4, -0.2) is 38.1 Å².